The van der Waals surface area contributed by atoms with Crippen LogP contribution >= 0.6 is 11.6 Å². The Bertz CT molecular complexity index is 934. The second-order valence-corrected chi connectivity index (χ2v) is 6.91. The molecule has 0 atom stereocenters. The molecule has 0 bridgehead atoms. The maximum Gasteiger partial charge on any atom is 0.167 e. The predicted octanol–water partition coefficient (Wildman–Crippen LogP) is 5.23. The van der Waals surface area contributed by atoms with Gasteiger partial charge in [0.2, 0.25) is 0 Å². The summed E-state index contributed by atoms with van der Waals surface area (Å²) in [7, 11) is 0. The van der Waals surface area contributed by atoms with Gasteiger partial charge in [0, 0.05) is 11.3 Å². The number of anilines is 2. The van der Waals surface area contributed by atoms with E-state index >= 15 is 0 Å². The lowest BCUT2D eigenvalue weighted by Gasteiger charge is -2.36. The van der Waals surface area contributed by atoms with Crippen LogP contribution in [-0.4, -0.2) is 16.7 Å². The molecule has 4 rings (SSSR count). The molecule has 1 aliphatic heterocycles. The Morgan fingerprint density at radius 2 is 1.85 bits per heavy atom. The second kappa shape index (κ2) is 7.64. The van der Waals surface area contributed by atoms with Crippen molar-refractivity contribution in [3.05, 3.63) is 88.3 Å². The molecule has 0 unspecified atom stereocenters. The highest BCUT2D eigenvalue weighted by Crippen LogP contribution is 2.34. The molecule has 138 valence electrons. The largest absolute Gasteiger partial charge is 0.310 e. The average molecular weight is 384 g/mol. The van der Waals surface area contributed by atoms with Crippen LogP contribution in [0.1, 0.15) is 16.7 Å². The minimum Gasteiger partial charge on any atom is -0.310 e. The standard InChI is InChI=1S/C21H19ClFN3O/c1-15-7-9-18(10-8-15)26-14-25(27-13-16-5-3-2-4-6-16)12-17-11-19(23)20(22)24-21(17)26/h2-11H,12-14H2,1H3. The maximum absolute atomic E-state index is 14.0. The molecule has 0 aliphatic carbocycles. The first-order valence-electron chi connectivity index (χ1n) is 8.71. The highest BCUT2D eigenvalue weighted by molar-refractivity contribution is 6.29. The normalized spacial score (nSPS) is 14.3. The Kier molecular flexibility index (Phi) is 5.07. The molecule has 27 heavy (non-hydrogen) atoms. The molecule has 2 heterocycles. The number of hydroxylamine groups is 2. The van der Waals surface area contributed by atoms with Crippen molar-refractivity contribution in [3.8, 4) is 0 Å². The van der Waals surface area contributed by atoms with E-state index < -0.39 is 5.82 Å². The molecule has 1 aromatic heterocycles. The lowest BCUT2D eigenvalue weighted by Crippen LogP contribution is -2.40. The van der Waals surface area contributed by atoms with Crippen molar-refractivity contribution >= 4 is 23.1 Å². The Balaban J connectivity index is 1.63. The smallest absolute Gasteiger partial charge is 0.167 e. The van der Waals surface area contributed by atoms with Gasteiger partial charge in [0.05, 0.1) is 13.2 Å². The summed E-state index contributed by atoms with van der Waals surface area (Å²) in [5, 5.41) is 1.69. The Morgan fingerprint density at radius 3 is 2.59 bits per heavy atom. The molecule has 0 N–H and O–H groups in total. The molecule has 4 nitrogen and oxygen atoms in total. The van der Waals surface area contributed by atoms with E-state index in [9.17, 15) is 4.39 Å². The first kappa shape index (κ1) is 17.9. The molecule has 2 aromatic carbocycles. The zero-order valence-electron chi connectivity index (χ0n) is 14.9. The highest BCUT2D eigenvalue weighted by atomic mass is 35.5. The first-order chi connectivity index (χ1) is 13.1. The van der Waals surface area contributed by atoms with E-state index in [0.29, 0.717) is 25.6 Å². The lowest BCUT2D eigenvalue weighted by molar-refractivity contribution is -0.178. The fourth-order valence-electron chi connectivity index (χ4n) is 3.07. The third kappa shape index (κ3) is 3.95. The van der Waals surface area contributed by atoms with E-state index in [1.165, 1.54) is 11.6 Å². The molecule has 6 heteroatoms. The number of pyridine rings is 1. The fourth-order valence-corrected chi connectivity index (χ4v) is 3.20. The summed E-state index contributed by atoms with van der Waals surface area (Å²) >= 11 is 5.94. The topological polar surface area (TPSA) is 28.6 Å². The highest BCUT2D eigenvalue weighted by Gasteiger charge is 2.27. The molecule has 0 saturated heterocycles. The SMILES string of the molecule is Cc1ccc(N2CN(OCc3ccccc3)Cc3cc(F)c(Cl)nc32)cc1. The van der Waals surface area contributed by atoms with Crippen molar-refractivity contribution in [2.45, 2.75) is 20.1 Å². The summed E-state index contributed by atoms with van der Waals surface area (Å²) in [4.78, 5) is 12.2. The van der Waals surface area contributed by atoms with Crippen molar-refractivity contribution < 1.29 is 9.23 Å². The number of aromatic nitrogens is 1. The number of fused-ring (bicyclic) bond motifs is 1. The number of hydrogen-bond donors (Lipinski definition) is 0. The summed E-state index contributed by atoms with van der Waals surface area (Å²) in [6.45, 7) is 3.39. The minimum atomic E-state index is -0.524. The zero-order chi connectivity index (χ0) is 18.8. The molecule has 0 spiro atoms. The van der Waals surface area contributed by atoms with Gasteiger partial charge in [-0.25, -0.2) is 9.37 Å². The summed E-state index contributed by atoms with van der Waals surface area (Å²) in [6.07, 6.45) is 0. The maximum atomic E-state index is 14.0. The Morgan fingerprint density at radius 1 is 1.11 bits per heavy atom. The van der Waals surface area contributed by atoms with Gasteiger partial charge < -0.3 is 4.90 Å². The monoisotopic (exact) mass is 383 g/mol. The van der Waals surface area contributed by atoms with Crippen LogP contribution in [0.3, 0.4) is 0 Å². The van der Waals surface area contributed by atoms with Gasteiger partial charge in [-0.15, -0.1) is 0 Å². The van der Waals surface area contributed by atoms with Gasteiger partial charge in [0.25, 0.3) is 0 Å². The second-order valence-electron chi connectivity index (χ2n) is 6.55. The molecule has 3 aromatic rings. The third-order valence-electron chi connectivity index (χ3n) is 4.49. The van der Waals surface area contributed by atoms with E-state index in [2.05, 4.69) is 4.98 Å². The Hall–Kier alpha value is -2.47. The van der Waals surface area contributed by atoms with Gasteiger partial charge in [-0.3, -0.25) is 4.84 Å². The molecule has 0 saturated carbocycles. The summed E-state index contributed by atoms with van der Waals surface area (Å²) < 4.78 is 14.0. The third-order valence-corrected chi connectivity index (χ3v) is 4.76. The summed E-state index contributed by atoms with van der Waals surface area (Å²) in [6, 6.07) is 19.5. The summed E-state index contributed by atoms with van der Waals surface area (Å²) in [5.74, 6) is 0.133. The van der Waals surface area contributed by atoms with Crippen molar-refractivity contribution in [1.82, 2.24) is 10.0 Å². The number of benzene rings is 2. The average Bonchev–Trinajstić information content (AvgIpc) is 2.68. The van der Waals surface area contributed by atoms with Gasteiger partial charge in [0.1, 0.15) is 12.5 Å². The lowest BCUT2D eigenvalue weighted by atomic mass is 10.1. The quantitative estimate of drug-likeness (QED) is 0.577. The van der Waals surface area contributed by atoms with Crippen molar-refractivity contribution in [2.24, 2.45) is 0 Å². The predicted molar refractivity (Wildman–Crippen MR) is 104 cm³/mol. The Labute approximate surface area is 162 Å². The van der Waals surface area contributed by atoms with E-state index in [-0.39, 0.29) is 5.15 Å². The van der Waals surface area contributed by atoms with E-state index in [1.54, 1.807) is 0 Å². The van der Waals surface area contributed by atoms with Crippen LogP contribution in [0, 0.1) is 12.7 Å². The first-order valence-corrected chi connectivity index (χ1v) is 9.09. The van der Waals surface area contributed by atoms with Crippen LogP contribution < -0.4 is 4.90 Å². The number of halogens is 2. The van der Waals surface area contributed by atoms with Gasteiger partial charge in [-0.2, -0.15) is 5.06 Å². The van der Waals surface area contributed by atoms with Crippen molar-refractivity contribution in [2.75, 3.05) is 11.6 Å². The number of hydrogen-bond acceptors (Lipinski definition) is 4. The van der Waals surface area contributed by atoms with Crippen molar-refractivity contribution in [3.63, 3.8) is 0 Å². The number of nitrogens with zero attached hydrogens (tertiary/aromatic N) is 3. The van der Waals surface area contributed by atoms with E-state index in [0.717, 1.165) is 16.8 Å². The number of rotatable bonds is 4. The van der Waals surface area contributed by atoms with Crippen LogP contribution in [-0.2, 0) is 18.0 Å². The van der Waals surface area contributed by atoms with Crippen LogP contribution in [0.25, 0.3) is 0 Å². The van der Waals surface area contributed by atoms with Gasteiger partial charge in [0.15, 0.2) is 11.0 Å². The molecule has 1 aliphatic rings. The molecule has 0 radical (unpaired) electrons. The fraction of sp³-hybridized carbons (Fsp3) is 0.190. The van der Waals surface area contributed by atoms with Crippen molar-refractivity contribution in [1.29, 1.82) is 0 Å². The van der Waals surface area contributed by atoms with Crippen LogP contribution in [0.5, 0.6) is 0 Å². The van der Waals surface area contributed by atoms with Gasteiger partial charge in [-0.05, 0) is 30.7 Å². The summed E-state index contributed by atoms with van der Waals surface area (Å²) in [5.41, 5.74) is 3.92. The van der Waals surface area contributed by atoms with Gasteiger partial charge in [-0.1, -0.05) is 59.6 Å². The molecule has 0 fully saturated rings. The minimum absolute atomic E-state index is 0.121. The van der Waals surface area contributed by atoms with E-state index in [1.807, 2.05) is 71.5 Å². The molecule has 0 amide bonds. The van der Waals surface area contributed by atoms with Crippen LogP contribution in [0.15, 0.2) is 60.7 Å². The van der Waals surface area contributed by atoms with Gasteiger partial charge >= 0.3 is 0 Å². The van der Waals surface area contributed by atoms with Crippen LogP contribution in [0.4, 0.5) is 15.9 Å². The molecular formula is C21H19ClFN3O. The zero-order valence-corrected chi connectivity index (χ0v) is 15.7. The number of aryl methyl sites for hydroxylation is 1. The molecular weight excluding hydrogens is 365 g/mol. The van der Waals surface area contributed by atoms with Crippen LogP contribution in [0.2, 0.25) is 5.15 Å². The van der Waals surface area contributed by atoms with E-state index in [4.69, 9.17) is 16.4 Å².